The molecule has 2 aliphatic carbocycles. The molecule has 0 heterocycles. The Labute approximate surface area is 124 Å². The monoisotopic (exact) mass is 287 g/mol. The van der Waals surface area contributed by atoms with Crippen molar-refractivity contribution < 1.29 is 9.59 Å². The Morgan fingerprint density at radius 3 is 2.52 bits per heavy atom. The minimum absolute atomic E-state index is 0.0249. The zero-order chi connectivity index (χ0) is 14.8. The predicted molar refractivity (Wildman–Crippen MR) is 80.6 cm³/mol. The smallest absolute Gasteiger partial charge is 0.251 e. The highest BCUT2D eigenvalue weighted by Crippen LogP contribution is 2.44. The summed E-state index contributed by atoms with van der Waals surface area (Å²) < 4.78 is 0. The van der Waals surface area contributed by atoms with Crippen LogP contribution >= 0.6 is 0 Å². The standard InChI is InChI=1S/C16H21N3O2/c17-13-5-3-11(4-6-13)16(21)18-9-15(20)19-14-8-10-1-2-12(14)7-10/h3-6,10,12,14H,1-2,7-9,17H2,(H,18,21)(H,19,20). The summed E-state index contributed by atoms with van der Waals surface area (Å²) in [5.74, 6) is 1.09. The molecule has 1 aromatic rings. The van der Waals surface area contributed by atoms with Crippen molar-refractivity contribution in [1.29, 1.82) is 0 Å². The van der Waals surface area contributed by atoms with Gasteiger partial charge < -0.3 is 16.4 Å². The van der Waals surface area contributed by atoms with E-state index in [1.807, 2.05) is 0 Å². The van der Waals surface area contributed by atoms with Gasteiger partial charge in [0.25, 0.3) is 5.91 Å². The van der Waals surface area contributed by atoms with Gasteiger partial charge >= 0.3 is 0 Å². The van der Waals surface area contributed by atoms with Crippen LogP contribution in [0.25, 0.3) is 0 Å². The fourth-order valence-electron chi connectivity index (χ4n) is 3.58. The van der Waals surface area contributed by atoms with Gasteiger partial charge in [-0.25, -0.2) is 0 Å². The fraction of sp³-hybridized carbons (Fsp3) is 0.500. The summed E-state index contributed by atoms with van der Waals surface area (Å²) in [7, 11) is 0. The maximum Gasteiger partial charge on any atom is 0.251 e. The molecule has 0 spiro atoms. The zero-order valence-corrected chi connectivity index (χ0v) is 12.0. The van der Waals surface area contributed by atoms with Crippen molar-refractivity contribution in [2.75, 3.05) is 12.3 Å². The lowest BCUT2D eigenvalue weighted by Gasteiger charge is -2.22. The topological polar surface area (TPSA) is 84.2 Å². The summed E-state index contributed by atoms with van der Waals surface area (Å²) >= 11 is 0. The molecule has 2 fully saturated rings. The van der Waals surface area contributed by atoms with Gasteiger partial charge in [-0.15, -0.1) is 0 Å². The lowest BCUT2D eigenvalue weighted by molar-refractivity contribution is -0.121. The van der Waals surface area contributed by atoms with Gasteiger partial charge in [0.2, 0.25) is 5.91 Å². The number of rotatable bonds is 4. The largest absolute Gasteiger partial charge is 0.399 e. The van der Waals surface area contributed by atoms with Crippen LogP contribution in [0.4, 0.5) is 5.69 Å². The molecule has 0 aliphatic heterocycles. The third-order valence-corrected chi connectivity index (χ3v) is 4.67. The first-order chi connectivity index (χ1) is 10.1. The molecular weight excluding hydrogens is 266 g/mol. The second kappa shape index (κ2) is 5.76. The molecule has 3 rings (SSSR count). The van der Waals surface area contributed by atoms with Crippen molar-refractivity contribution in [3.05, 3.63) is 29.8 Å². The first kappa shape index (κ1) is 13.9. The van der Waals surface area contributed by atoms with Crippen LogP contribution in [0.2, 0.25) is 0 Å². The SMILES string of the molecule is Nc1ccc(C(=O)NCC(=O)NC2CC3CCC2C3)cc1. The summed E-state index contributed by atoms with van der Waals surface area (Å²) in [6.45, 7) is 0.0249. The van der Waals surface area contributed by atoms with Crippen molar-refractivity contribution >= 4 is 17.5 Å². The molecule has 2 aliphatic rings. The number of nitrogens with two attached hydrogens (primary N) is 1. The molecular formula is C16H21N3O2. The maximum absolute atomic E-state index is 11.9. The van der Waals surface area contributed by atoms with Crippen molar-refractivity contribution in [2.45, 2.75) is 31.7 Å². The van der Waals surface area contributed by atoms with Crippen LogP contribution in [0.5, 0.6) is 0 Å². The van der Waals surface area contributed by atoms with Gasteiger partial charge in [-0.3, -0.25) is 9.59 Å². The molecule has 0 saturated heterocycles. The van der Waals surface area contributed by atoms with E-state index in [0.29, 0.717) is 23.2 Å². The zero-order valence-electron chi connectivity index (χ0n) is 12.0. The maximum atomic E-state index is 11.9. The third kappa shape index (κ3) is 3.17. The third-order valence-electron chi connectivity index (χ3n) is 4.67. The lowest BCUT2D eigenvalue weighted by Crippen LogP contribution is -2.44. The highest BCUT2D eigenvalue weighted by molar-refractivity contribution is 5.96. The molecule has 5 nitrogen and oxygen atoms in total. The predicted octanol–water partition coefficient (Wildman–Crippen LogP) is 1.30. The molecule has 0 radical (unpaired) electrons. The first-order valence-corrected chi connectivity index (χ1v) is 7.55. The molecule has 3 unspecified atom stereocenters. The Kier molecular flexibility index (Phi) is 3.82. The van der Waals surface area contributed by atoms with Crippen LogP contribution < -0.4 is 16.4 Å². The quantitative estimate of drug-likeness (QED) is 0.730. The molecule has 5 heteroatoms. The highest BCUT2D eigenvalue weighted by atomic mass is 16.2. The Bertz CT molecular complexity index is 541. The average Bonchev–Trinajstić information content (AvgIpc) is 3.08. The number of nitrogen functional groups attached to an aromatic ring is 1. The summed E-state index contributed by atoms with van der Waals surface area (Å²) in [6.07, 6.45) is 4.89. The van der Waals surface area contributed by atoms with Crippen LogP contribution in [0.15, 0.2) is 24.3 Å². The molecule has 2 saturated carbocycles. The molecule has 2 bridgehead atoms. The first-order valence-electron chi connectivity index (χ1n) is 7.55. The molecule has 1 aromatic carbocycles. The van der Waals surface area contributed by atoms with E-state index in [2.05, 4.69) is 10.6 Å². The van der Waals surface area contributed by atoms with Crippen LogP contribution in [-0.2, 0) is 4.79 Å². The van der Waals surface area contributed by atoms with E-state index in [1.54, 1.807) is 24.3 Å². The number of hydrogen-bond donors (Lipinski definition) is 3. The molecule has 21 heavy (non-hydrogen) atoms. The molecule has 0 aromatic heterocycles. The molecule has 3 atom stereocenters. The van der Waals surface area contributed by atoms with E-state index in [-0.39, 0.29) is 18.4 Å². The van der Waals surface area contributed by atoms with E-state index in [9.17, 15) is 9.59 Å². The lowest BCUT2D eigenvalue weighted by atomic mass is 9.95. The number of nitrogens with one attached hydrogen (secondary N) is 2. The number of carbonyl (C=O) groups is 2. The van der Waals surface area contributed by atoms with Gasteiger partial charge in [0.1, 0.15) is 0 Å². The van der Waals surface area contributed by atoms with Crippen molar-refractivity contribution in [2.24, 2.45) is 11.8 Å². The van der Waals surface area contributed by atoms with Crippen LogP contribution in [-0.4, -0.2) is 24.4 Å². The molecule has 112 valence electrons. The van der Waals surface area contributed by atoms with Gasteiger partial charge in [-0.1, -0.05) is 6.42 Å². The molecule has 4 N–H and O–H groups in total. The Morgan fingerprint density at radius 2 is 1.90 bits per heavy atom. The number of hydrogen-bond acceptors (Lipinski definition) is 3. The average molecular weight is 287 g/mol. The van der Waals surface area contributed by atoms with Gasteiger partial charge in [0.15, 0.2) is 0 Å². The number of anilines is 1. The van der Waals surface area contributed by atoms with Gasteiger partial charge in [-0.2, -0.15) is 0 Å². The minimum Gasteiger partial charge on any atom is -0.399 e. The minimum atomic E-state index is -0.252. The highest BCUT2D eigenvalue weighted by Gasteiger charge is 2.39. The summed E-state index contributed by atoms with van der Waals surface area (Å²) in [4.78, 5) is 23.8. The summed E-state index contributed by atoms with van der Waals surface area (Å²) in [5.41, 5.74) is 6.70. The van der Waals surface area contributed by atoms with E-state index in [4.69, 9.17) is 5.73 Å². The summed E-state index contributed by atoms with van der Waals surface area (Å²) in [6, 6.07) is 6.95. The van der Waals surface area contributed by atoms with Crippen molar-refractivity contribution in [3.63, 3.8) is 0 Å². The van der Waals surface area contributed by atoms with Gasteiger partial charge in [0, 0.05) is 17.3 Å². The summed E-state index contributed by atoms with van der Waals surface area (Å²) in [5, 5.41) is 5.70. The second-order valence-electron chi connectivity index (χ2n) is 6.15. The van der Waals surface area contributed by atoms with E-state index >= 15 is 0 Å². The Morgan fingerprint density at radius 1 is 1.14 bits per heavy atom. The van der Waals surface area contributed by atoms with Crippen LogP contribution in [0, 0.1) is 11.8 Å². The second-order valence-corrected chi connectivity index (χ2v) is 6.15. The Balaban J connectivity index is 1.45. The fourth-order valence-corrected chi connectivity index (χ4v) is 3.58. The van der Waals surface area contributed by atoms with Gasteiger partial charge in [-0.05, 0) is 55.4 Å². The molecule has 2 amide bonds. The normalized spacial score (nSPS) is 26.6. The van der Waals surface area contributed by atoms with Crippen molar-refractivity contribution in [1.82, 2.24) is 10.6 Å². The van der Waals surface area contributed by atoms with Crippen LogP contribution in [0.1, 0.15) is 36.0 Å². The van der Waals surface area contributed by atoms with Crippen LogP contribution in [0.3, 0.4) is 0 Å². The van der Waals surface area contributed by atoms with E-state index in [1.165, 1.54) is 19.3 Å². The van der Waals surface area contributed by atoms with Gasteiger partial charge in [0.05, 0.1) is 6.54 Å². The number of amides is 2. The Hall–Kier alpha value is -2.04. The number of fused-ring (bicyclic) bond motifs is 2. The van der Waals surface area contributed by atoms with Crippen molar-refractivity contribution in [3.8, 4) is 0 Å². The number of benzene rings is 1. The van der Waals surface area contributed by atoms with E-state index in [0.717, 1.165) is 12.3 Å². The number of carbonyl (C=O) groups excluding carboxylic acids is 2. The van der Waals surface area contributed by atoms with E-state index < -0.39 is 0 Å².